The molecule has 9 nitrogen and oxygen atoms in total. The first-order valence-electron chi connectivity index (χ1n) is 17.6. The topological polar surface area (TPSA) is 118 Å². The lowest BCUT2D eigenvalue weighted by molar-refractivity contribution is -0.129. The van der Waals surface area contributed by atoms with Crippen LogP contribution in [0, 0.1) is 34.5 Å². The fourth-order valence-electron chi connectivity index (χ4n) is 9.85. The molecule has 1 saturated heterocycles. The van der Waals surface area contributed by atoms with Gasteiger partial charge in [0.25, 0.3) is 0 Å². The van der Waals surface area contributed by atoms with E-state index in [1.165, 1.54) is 57.8 Å². The molecule has 4 N–H and O–H groups in total. The predicted octanol–water partition coefficient (Wildman–Crippen LogP) is 5.72. The van der Waals surface area contributed by atoms with Crippen molar-refractivity contribution in [1.29, 1.82) is 5.26 Å². The molecule has 3 unspecified atom stereocenters. The van der Waals surface area contributed by atoms with Gasteiger partial charge in [0.2, 0.25) is 11.9 Å². The Kier molecular flexibility index (Phi) is 9.40. The Morgan fingerprint density at radius 2 is 1.65 bits per heavy atom. The van der Waals surface area contributed by atoms with Crippen LogP contribution in [0.15, 0.2) is 30.5 Å². The summed E-state index contributed by atoms with van der Waals surface area (Å²) in [5.74, 6) is 3.64. The second-order valence-electron chi connectivity index (χ2n) is 15.0. The monoisotopic (exact) mass is 644 g/mol. The van der Waals surface area contributed by atoms with Gasteiger partial charge in [-0.2, -0.15) is 10.2 Å². The summed E-state index contributed by atoms with van der Waals surface area (Å²) in [7, 11) is 0. The molecule has 2 heterocycles. The van der Waals surface area contributed by atoms with Gasteiger partial charge in [-0.25, -0.2) is 4.98 Å². The maximum Gasteiger partial charge on any atom is 0.224 e. The van der Waals surface area contributed by atoms with Crippen LogP contribution in [0.1, 0.15) is 88.7 Å². The number of rotatable bonds is 10. The van der Waals surface area contributed by atoms with E-state index in [2.05, 4.69) is 32.3 Å². The molecule has 5 aliphatic carbocycles. The average molecular weight is 645 g/mol. The molecule has 0 radical (unpaired) electrons. The van der Waals surface area contributed by atoms with Crippen molar-refractivity contribution in [3.05, 3.63) is 46.6 Å². The second kappa shape index (κ2) is 13.7. The number of carbonyl (C=O) groups is 1. The van der Waals surface area contributed by atoms with Crippen LogP contribution in [0.3, 0.4) is 0 Å². The van der Waals surface area contributed by atoms with Gasteiger partial charge in [-0.05, 0) is 105 Å². The second-order valence-corrected chi connectivity index (χ2v) is 15.4. The highest BCUT2D eigenvalue weighted by molar-refractivity contribution is 6.31. The Morgan fingerprint density at radius 1 is 0.978 bits per heavy atom. The van der Waals surface area contributed by atoms with E-state index in [0.717, 1.165) is 55.8 Å². The zero-order valence-electron chi connectivity index (χ0n) is 27.1. The molecule has 246 valence electrons. The number of nitriles is 1. The van der Waals surface area contributed by atoms with Gasteiger partial charge in [-0.15, -0.1) is 0 Å². The Hall–Kier alpha value is -2.93. The standard InChI is InChI=1S/C36H49ClN8O/c1-23(46)45-12-10-31(11-13-45)42-29-6-8-30(9-7-29)43-33-26-14-24-15-27(33)18-36(16-24,17-26)22-41-34-28(19-38)21-40-35(44-34)39-20-25-4-2-3-5-32(25)37/h2-5,21,24,26-27,29-31,33,42-43H,6-18,20,22H2,1H3,(H2,39,40,41,44)/t24?,26-,27+,29?,30?,33?,36?. The number of hydrogen-bond donors (Lipinski definition) is 4. The first kappa shape index (κ1) is 31.7. The molecular weight excluding hydrogens is 596 g/mol. The van der Waals surface area contributed by atoms with Crippen molar-refractivity contribution in [2.75, 3.05) is 30.3 Å². The molecule has 5 atom stereocenters. The highest BCUT2D eigenvalue weighted by Crippen LogP contribution is 2.60. The van der Waals surface area contributed by atoms with E-state index < -0.39 is 0 Å². The molecule has 1 aromatic heterocycles. The third kappa shape index (κ3) is 7.00. The molecule has 46 heavy (non-hydrogen) atoms. The zero-order chi connectivity index (χ0) is 31.7. The van der Waals surface area contributed by atoms with E-state index in [4.69, 9.17) is 16.6 Å². The number of benzene rings is 1. The summed E-state index contributed by atoms with van der Waals surface area (Å²) in [6.07, 6.45) is 15.3. The summed E-state index contributed by atoms with van der Waals surface area (Å²) < 4.78 is 0. The normalized spacial score (nSPS) is 32.2. The van der Waals surface area contributed by atoms with Crippen LogP contribution in [-0.2, 0) is 11.3 Å². The summed E-state index contributed by atoms with van der Waals surface area (Å²) in [5.41, 5.74) is 1.74. The number of piperidine rings is 1. The minimum Gasteiger partial charge on any atom is -0.368 e. The van der Waals surface area contributed by atoms with E-state index in [9.17, 15) is 10.1 Å². The van der Waals surface area contributed by atoms with Gasteiger partial charge in [0.1, 0.15) is 17.5 Å². The molecular formula is C36H49ClN8O. The molecule has 1 amide bonds. The quantitative estimate of drug-likeness (QED) is 0.259. The van der Waals surface area contributed by atoms with Crippen molar-refractivity contribution in [3.63, 3.8) is 0 Å². The molecule has 1 aliphatic heterocycles. The molecule has 5 saturated carbocycles. The number of likely N-dealkylation sites (tertiary alicyclic amines) is 1. The Bertz CT molecular complexity index is 1410. The fourth-order valence-corrected chi connectivity index (χ4v) is 10.0. The number of amides is 1. The maximum absolute atomic E-state index is 11.7. The molecule has 10 heteroatoms. The van der Waals surface area contributed by atoms with Gasteiger partial charge in [-0.3, -0.25) is 4.79 Å². The van der Waals surface area contributed by atoms with Gasteiger partial charge in [0.05, 0.1) is 6.20 Å². The van der Waals surface area contributed by atoms with E-state index in [1.54, 1.807) is 13.1 Å². The van der Waals surface area contributed by atoms with Gasteiger partial charge in [0.15, 0.2) is 0 Å². The van der Waals surface area contributed by atoms with Crippen LogP contribution in [0.4, 0.5) is 11.8 Å². The number of anilines is 2. The number of halogens is 1. The number of nitrogens with zero attached hydrogens (tertiary/aromatic N) is 4. The van der Waals surface area contributed by atoms with Crippen molar-refractivity contribution in [3.8, 4) is 6.07 Å². The number of nitrogens with one attached hydrogen (secondary N) is 4. The van der Waals surface area contributed by atoms with Crippen LogP contribution < -0.4 is 21.3 Å². The zero-order valence-corrected chi connectivity index (χ0v) is 27.9. The van der Waals surface area contributed by atoms with Crippen molar-refractivity contribution in [1.82, 2.24) is 25.5 Å². The van der Waals surface area contributed by atoms with Crippen LogP contribution in [0.2, 0.25) is 5.02 Å². The Labute approximate surface area is 278 Å². The minimum absolute atomic E-state index is 0.212. The third-order valence-corrected chi connectivity index (χ3v) is 12.3. The van der Waals surface area contributed by atoms with E-state index in [-0.39, 0.29) is 11.3 Å². The van der Waals surface area contributed by atoms with E-state index in [1.807, 2.05) is 29.2 Å². The van der Waals surface area contributed by atoms with E-state index >= 15 is 0 Å². The molecule has 1 aromatic carbocycles. The minimum atomic E-state index is 0.212. The highest BCUT2D eigenvalue weighted by atomic mass is 35.5. The highest BCUT2D eigenvalue weighted by Gasteiger charge is 2.55. The summed E-state index contributed by atoms with van der Waals surface area (Å²) in [6.45, 7) is 4.86. The summed E-state index contributed by atoms with van der Waals surface area (Å²) in [6, 6.07) is 12.5. The maximum atomic E-state index is 11.7. The summed E-state index contributed by atoms with van der Waals surface area (Å²) in [4.78, 5) is 22.8. The van der Waals surface area contributed by atoms with Crippen molar-refractivity contribution in [2.45, 2.75) is 108 Å². The lowest BCUT2D eigenvalue weighted by atomic mass is 9.47. The fraction of sp³-hybridized carbons (Fsp3) is 0.667. The number of carbonyl (C=O) groups excluding carboxylic acids is 1. The van der Waals surface area contributed by atoms with Crippen molar-refractivity contribution < 1.29 is 4.79 Å². The summed E-state index contributed by atoms with van der Waals surface area (Å²) >= 11 is 6.33. The summed E-state index contributed by atoms with van der Waals surface area (Å²) in [5, 5.41) is 25.6. The van der Waals surface area contributed by atoms with Gasteiger partial charge >= 0.3 is 0 Å². The number of aromatic nitrogens is 2. The molecule has 6 aliphatic rings. The van der Waals surface area contributed by atoms with Crippen LogP contribution in [0.5, 0.6) is 0 Å². The largest absolute Gasteiger partial charge is 0.368 e. The van der Waals surface area contributed by atoms with Crippen molar-refractivity contribution in [2.24, 2.45) is 23.2 Å². The van der Waals surface area contributed by atoms with Crippen LogP contribution >= 0.6 is 11.6 Å². The van der Waals surface area contributed by atoms with Gasteiger partial charge in [0, 0.05) is 62.3 Å². The first-order valence-corrected chi connectivity index (χ1v) is 18.0. The molecule has 6 fully saturated rings. The molecule has 4 bridgehead atoms. The lowest BCUT2D eigenvalue weighted by Crippen LogP contribution is -2.61. The van der Waals surface area contributed by atoms with Gasteiger partial charge in [-0.1, -0.05) is 29.8 Å². The predicted molar refractivity (Wildman–Crippen MR) is 181 cm³/mol. The Balaban J connectivity index is 0.909. The SMILES string of the molecule is CC(=O)N1CCC(NC2CCC(NC3[C@@H]4CC5C[C@H]3CC(CNc3nc(NCc6ccccc6Cl)ncc3C#N)(C5)C4)CC2)CC1. The Morgan fingerprint density at radius 3 is 2.33 bits per heavy atom. The number of hydrogen-bond acceptors (Lipinski definition) is 8. The van der Waals surface area contributed by atoms with Crippen LogP contribution in [-0.4, -0.2) is 64.6 Å². The first-order chi connectivity index (χ1) is 22.4. The van der Waals surface area contributed by atoms with E-state index in [0.29, 0.717) is 53.1 Å². The molecule has 8 rings (SSSR count). The van der Waals surface area contributed by atoms with Gasteiger partial charge < -0.3 is 26.2 Å². The molecule has 0 spiro atoms. The molecule has 2 aromatic rings. The smallest absolute Gasteiger partial charge is 0.224 e. The van der Waals surface area contributed by atoms with Crippen molar-refractivity contribution >= 4 is 29.3 Å². The lowest BCUT2D eigenvalue weighted by Gasteiger charge is -2.61. The third-order valence-electron chi connectivity index (χ3n) is 11.9. The average Bonchev–Trinajstić information content (AvgIpc) is 3.06. The van der Waals surface area contributed by atoms with Crippen LogP contribution in [0.25, 0.3) is 0 Å².